The number of nitrogens with zero attached hydrogens (tertiary/aromatic N) is 2. The summed E-state index contributed by atoms with van der Waals surface area (Å²) in [5.74, 6) is -0.634. The van der Waals surface area contributed by atoms with Gasteiger partial charge in [0.15, 0.2) is 0 Å². The van der Waals surface area contributed by atoms with Crippen LogP contribution in [0.15, 0.2) is 72.8 Å². The van der Waals surface area contributed by atoms with Gasteiger partial charge in [-0.1, -0.05) is 91.6 Å². The van der Waals surface area contributed by atoms with Gasteiger partial charge in [0.25, 0.3) is 0 Å². The van der Waals surface area contributed by atoms with Crippen LogP contribution in [0.2, 0.25) is 0 Å². The van der Waals surface area contributed by atoms with E-state index in [4.69, 9.17) is 0 Å². The molecular formula is C34H43N3O4S. The van der Waals surface area contributed by atoms with E-state index in [2.05, 4.69) is 5.32 Å². The highest BCUT2D eigenvalue weighted by Crippen LogP contribution is 2.26. The van der Waals surface area contributed by atoms with E-state index in [1.807, 2.05) is 81.4 Å². The average molecular weight is 590 g/mol. The van der Waals surface area contributed by atoms with Crippen molar-refractivity contribution in [3.63, 3.8) is 0 Å². The molecule has 0 bridgehead atoms. The molecule has 1 saturated carbocycles. The Hall–Kier alpha value is -3.65. The number of carbonyl (C=O) groups excluding carboxylic acids is 2. The number of rotatable bonds is 11. The third-order valence-corrected chi connectivity index (χ3v) is 9.35. The van der Waals surface area contributed by atoms with Crippen LogP contribution in [0.5, 0.6) is 0 Å². The van der Waals surface area contributed by atoms with Crippen LogP contribution in [0.3, 0.4) is 0 Å². The molecule has 2 amide bonds. The number of sulfonamides is 1. The summed E-state index contributed by atoms with van der Waals surface area (Å²) in [4.78, 5) is 29.9. The van der Waals surface area contributed by atoms with E-state index in [1.54, 1.807) is 17.0 Å². The molecule has 0 unspecified atom stereocenters. The summed E-state index contributed by atoms with van der Waals surface area (Å²) in [5.41, 5.74) is 5.07. The smallest absolute Gasteiger partial charge is 0.244 e. The molecule has 42 heavy (non-hydrogen) atoms. The van der Waals surface area contributed by atoms with Crippen molar-refractivity contribution in [2.45, 2.75) is 77.9 Å². The molecule has 1 fully saturated rings. The topological polar surface area (TPSA) is 86.8 Å². The van der Waals surface area contributed by atoms with Crippen LogP contribution in [-0.4, -0.2) is 50.0 Å². The SMILES string of the molecule is Cc1ccc(CN(C(=O)CN(c2cccc(C)c2C)S(C)(=O)=O)[C@H](Cc2ccccc2)C(=O)NC2CCCCC2)cc1. The van der Waals surface area contributed by atoms with E-state index in [9.17, 15) is 18.0 Å². The van der Waals surface area contributed by atoms with Gasteiger partial charge < -0.3 is 10.2 Å². The first-order valence-electron chi connectivity index (χ1n) is 14.8. The molecule has 4 rings (SSSR count). The van der Waals surface area contributed by atoms with Gasteiger partial charge in [0.2, 0.25) is 21.8 Å². The molecule has 0 saturated heterocycles. The Labute approximate surface area is 251 Å². The van der Waals surface area contributed by atoms with Crippen LogP contribution in [0.25, 0.3) is 0 Å². The molecule has 224 valence electrons. The van der Waals surface area contributed by atoms with Crippen LogP contribution >= 0.6 is 0 Å². The number of anilines is 1. The van der Waals surface area contributed by atoms with Gasteiger partial charge >= 0.3 is 0 Å². The predicted octanol–water partition coefficient (Wildman–Crippen LogP) is 5.47. The van der Waals surface area contributed by atoms with E-state index in [-0.39, 0.29) is 18.5 Å². The van der Waals surface area contributed by atoms with E-state index in [0.29, 0.717) is 12.1 Å². The Bertz CT molecular complexity index is 1470. The summed E-state index contributed by atoms with van der Waals surface area (Å²) in [5, 5.41) is 3.24. The predicted molar refractivity (Wildman–Crippen MR) is 169 cm³/mol. The normalized spacial score (nSPS) is 14.7. The lowest BCUT2D eigenvalue weighted by Gasteiger charge is -2.35. The monoisotopic (exact) mass is 589 g/mol. The molecule has 1 N–H and O–H groups in total. The van der Waals surface area contributed by atoms with Crippen molar-refractivity contribution in [2.24, 2.45) is 0 Å². The van der Waals surface area contributed by atoms with Crippen LogP contribution in [0, 0.1) is 20.8 Å². The van der Waals surface area contributed by atoms with Crippen molar-refractivity contribution in [1.82, 2.24) is 10.2 Å². The lowest BCUT2D eigenvalue weighted by Crippen LogP contribution is -2.55. The maximum Gasteiger partial charge on any atom is 0.244 e. The Morgan fingerprint density at radius 2 is 1.52 bits per heavy atom. The zero-order valence-corrected chi connectivity index (χ0v) is 26.0. The number of aryl methyl sites for hydroxylation is 2. The summed E-state index contributed by atoms with van der Waals surface area (Å²) in [6.45, 7) is 5.54. The Morgan fingerprint density at radius 3 is 2.17 bits per heavy atom. The maximum absolute atomic E-state index is 14.3. The number of carbonyl (C=O) groups is 2. The van der Waals surface area contributed by atoms with Gasteiger partial charge in [-0.25, -0.2) is 8.42 Å². The number of amides is 2. The van der Waals surface area contributed by atoms with E-state index in [0.717, 1.165) is 66.2 Å². The summed E-state index contributed by atoms with van der Waals surface area (Å²) < 4.78 is 27.3. The van der Waals surface area contributed by atoms with Gasteiger partial charge in [0.1, 0.15) is 12.6 Å². The highest BCUT2D eigenvalue weighted by molar-refractivity contribution is 7.92. The van der Waals surface area contributed by atoms with Gasteiger partial charge in [0.05, 0.1) is 11.9 Å². The molecule has 1 aliphatic carbocycles. The molecule has 0 aliphatic heterocycles. The van der Waals surface area contributed by atoms with Crippen molar-refractivity contribution >= 4 is 27.5 Å². The van der Waals surface area contributed by atoms with Gasteiger partial charge in [-0.15, -0.1) is 0 Å². The van der Waals surface area contributed by atoms with Gasteiger partial charge in [-0.2, -0.15) is 0 Å². The first kappa shape index (κ1) is 31.3. The standard InChI is InChI=1S/C34H43N3O4S/c1-25-18-20-29(21-19-25)23-36(33(38)24-37(42(4,40)41)31-17-11-12-26(2)27(31)3)32(22-28-13-7-5-8-14-28)34(39)35-30-15-9-6-10-16-30/h5,7-8,11-14,17-21,30,32H,6,9-10,15-16,22-24H2,1-4H3,(H,35,39)/t32-/m1/s1. The first-order valence-corrected chi connectivity index (χ1v) is 16.6. The molecule has 1 aliphatic rings. The lowest BCUT2D eigenvalue weighted by molar-refractivity contribution is -0.140. The second kappa shape index (κ2) is 14.0. The fraction of sp³-hybridized carbons (Fsp3) is 0.412. The van der Waals surface area contributed by atoms with E-state index < -0.39 is 28.5 Å². The zero-order valence-electron chi connectivity index (χ0n) is 25.2. The summed E-state index contributed by atoms with van der Waals surface area (Å²) >= 11 is 0. The van der Waals surface area contributed by atoms with Gasteiger partial charge in [0, 0.05) is 19.0 Å². The molecule has 3 aromatic carbocycles. The highest BCUT2D eigenvalue weighted by Gasteiger charge is 2.34. The maximum atomic E-state index is 14.3. The van der Waals surface area contributed by atoms with Crippen LogP contribution in [0.4, 0.5) is 5.69 Å². The van der Waals surface area contributed by atoms with Crippen molar-refractivity contribution < 1.29 is 18.0 Å². The van der Waals surface area contributed by atoms with Crippen molar-refractivity contribution in [3.8, 4) is 0 Å². The third kappa shape index (κ3) is 8.22. The van der Waals surface area contributed by atoms with Crippen LogP contribution < -0.4 is 9.62 Å². The van der Waals surface area contributed by atoms with Crippen LogP contribution in [-0.2, 0) is 32.6 Å². The second-order valence-corrected chi connectivity index (χ2v) is 13.5. The number of benzene rings is 3. The fourth-order valence-corrected chi connectivity index (χ4v) is 6.49. The minimum absolute atomic E-state index is 0.0725. The lowest BCUT2D eigenvalue weighted by atomic mass is 9.94. The average Bonchev–Trinajstić information content (AvgIpc) is 2.96. The molecule has 3 aromatic rings. The summed E-state index contributed by atoms with van der Waals surface area (Å²) in [6.07, 6.45) is 6.58. The van der Waals surface area contributed by atoms with Crippen molar-refractivity contribution in [2.75, 3.05) is 17.1 Å². The zero-order chi connectivity index (χ0) is 30.3. The Kier molecular flexibility index (Phi) is 10.4. The summed E-state index contributed by atoms with van der Waals surface area (Å²) in [6, 6.07) is 22.2. The number of hydrogen-bond acceptors (Lipinski definition) is 4. The molecule has 0 heterocycles. The molecule has 0 spiro atoms. The van der Waals surface area contributed by atoms with E-state index >= 15 is 0 Å². The van der Waals surface area contributed by atoms with Gasteiger partial charge in [-0.3, -0.25) is 13.9 Å². The van der Waals surface area contributed by atoms with Crippen molar-refractivity contribution in [1.29, 1.82) is 0 Å². The molecule has 7 nitrogen and oxygen atoms in total. The number of nitrogens with one attached hydrogen (secondary N) is 1. The van der Waals surface area contributed by atoms with Crippen molar-refractivity contribution in [3.05, 3.63) is 101 Å². The minimum Gasteiger partial charge on any atom is -0.352 e. The van der Waals surface area contributed by atoms with Crippen LogP contribution in [0.1, 0.15) is 59.9 Å². The summed E-state index contributed by atoms with van der Waals surface area (Å²) in [7, 11) is -3.81. The number of hydrogen-bond donors (Lipinski definition) is 1. The molecular weight excluding hydrogens is 546 g/mol. The largest absolute Gasteiger partial charge is 0.352 e. The van der Waals surface area contributed by atoms with E-state index in [1.165, 1.54) is 4.31 Å². The fourth-order valence-electron chi connectivity index (χ4n) is 5.59. The Morgan fingerprint density at radius 1 is 0.857 bits per heavy atom. The quantitative estimate of drug-likeness (QED) is 0.322. The Balaban J connectivity index is 1.73. The second-order valence-electron chi connectivity index (χ2n) is 11.5. The molecule has 8 heteroatoms. The molecule has 0 radical (unpaired) electrons. The third-order valence-electron chi connectivity index (χ3n) is 8.22. The first-order chi connectivity index (χ1) is 20.0. The molecule has 1 atom stereocenters. The van der Waals surface area contributed by atoms with Gasteiger partial charge in [-0.05, 0) is 61.9 Å². The minimum atomic E-state index is -3.81. The molecule has 0 aromatic heterocycles. The highest BCUT2D eigenvalue weighted by atomic mass is 32.2.